The predicted molar refractivity (Wildman–Crippen MR) is 100 cm³/mol. The Balaban J connectivity index is 1.65. The van der Waals surface area contributed by atoms with Crippen molar-refractivity contribution in [3.63, 3.8) is 0 Å². The van der Waals surface area contributed by atoms with Crippen molar-refractivity contribution in [1.82, 2.24) is 4.57 Å². The number of rotatable bonds is 0. The fourth-order valence-corrected chi connectivity index (χ4v) is 4.26. The minimum absolute atomic E-state index is 0.223. The van der Waals surface area contributed by atoms with Crippen molar-refractivity contribution in [1.29, 1.82) is 0 Å². The van der Waals surface area contributed by atoms with Crippen LogP contribution >= 0.6 is 0 Å². The number of nitrogens with two attached hydrogens (primary N) is 1. The third-order valence-electron chi connectivity index (χ3n) is 5.49. The fraction of sp³-hybridized carbons (Fsp3) is 0.250. The summed E-state index contributed by atoms with van der Waals surface area (Å²) in [4.78, 5) is 4.66. The fourth-order valence-electron chi connectivity index (χ4n) is 4.26. The van der Waals surface area contributed by atoms with Crippen LogP contribution in [0.3, 0.4) is 0 Å². The maximum atomic E-state index is 14.1. The van der Waals surface area contributed by atoms with E-state index in [0.29, 0.717) is 36.5 Å². The smallest absolute Gasteiger partial charge is 0.199 e. The number of hydrogen-bond acceptors (Lipinski definition) is 4. The van der Waals surface area contributed by atoms with Crippen LogP contribution in [0.4, 0.5) is 10.1 Å². The molecule has 0 saturated heterocycles. The first kappa shape index (κ1) is 15.3. The largest absolute Gasteiger partial charge is 0.494 e. The number of aliphatic imine (C=N–C) groups is 1. The van der Waals surface area contributed by atoms with E-state index in [-0.39, 0.29) is 11.7 Å². The third kappa shape index (κ3) is 1.98. The Bertz CT molecular complexity index is 1100. The normalized spacial score (nSPS) is 21.2. The minimum atomic E-state index is -0.622. The highest BCUT2D eigenvalue weighted by Gasteiger charge is 2.40. The topological polar surface area (TPSA) is 75.6 Å². The lowest BCUT2D eigenvalue weighted by Crippen LogP contribution is -2.48. The van der Waals surface area contributed by atoms with Gasteiger partial charge >= 0.3 is 0 Å². The van der Waals surface area contributed by atoms with Gasteiger partial charge in [-0.3, -0.25) is 0 Å². The molecule has 1 spiro atoms. The number of hydrogen-bond donors (Lipinski definition) is 3. The van der Waals surface area contributed by atoms with E-state index in [2.05, 4.69) is 10.3 Å². The molecule has 0 radical (unpaired) electrons. The number of aromatic hydroxyl groups is 1. The Morgan fingerprint density at radius 2 is 2.12 bits per heavy atom. The van der Waals surface area contributed by atoms with E-state index in [1.54, 1.807) is 6.07 Å². The third-order valence-corrected chi connectivity index (χ3v) is 5.49. The Hall–Kier alpha value is -3.02. The molecule has 0 amide bonds. The number of fused-ring (bicyclic) bond motifs is 4. The number of nitrogens with one attached hydrogen (secondary N) is 1. The average Bonchev–Trinajstić information content (AvgIpc) is 2.86. The molecule has 0 aliphatic carbocycles. The Morgan fingerprint density at radius 3 is 2.96 bits per heavy atom. The molecule has 1 aromatic heterocycles. The van der Waals surface area contributed by atoms with E-state index < -0.39 is 5.66 Å². The highest BCUT2D eigenvalue weighted by molar-refractivity contribution is 6.04. The molecule has 3 heterocycles. The minimum Gasteiger partial charge on any atom is -0.494 e. The van der Waals surface area contributed by atoms with Crippen LogP contribution in [0, 0.1) is 12.7 Å². The monoisotopic (exact) mass is 350 g/mol. The number of nitrogens with zero attached hydrogens (tertiary/aromatic N) is 2. The SMILES string of the molecule is Cc1ccc2c3n(c(O)c2c1)CC[C@]1(C3)N=C(N)c2c(F)cccc2N1. The van der Waals surface area contributed by atoms with Gasteiger partial charge in [0.1, 0.15) is 17.3 Å². The number of aromatic nitrogens is 1. The average molecular weight is 350 g/mol. The molecule has 4 N–H and O–H groups in total. The van der Waals surface area contributed by atoms with Crippen molar-refractivity contribution < 1.29 is 9.50 Å². The number of benzene rings is 2. The number of amidine groups is 1. The lowest BCUT2D eigenvalue weighted by molar-refractivity contribution is 0.331. The lowest BCUT2D eigenvalue weighted by Gasteiger charge is -2.40. The van der Waals surface area contributed by atoms with Gasteiger partial charge in [-0.1, -0.05) is 23.8 Å². The van der Waals surface area contributed by atoms with Gasteiger partial charge < -0.3 is 20.7 Å². The maximum Gasteiger partial charge on any atom is 0.199 e. The molecule has 2 aliphatic rings. The first-order chi connectivity index (χ1) is 12.5. The van der Waals surface area contributed by atoms with Gasteiger partial charge in [0, 0.05) is 41.5 Å². The van der Waals surface area contributed by atoms with Crippen molar-refractivity contribution in [3.05, 3.63) is 59.0 Å². The van der Waals surface area contributed by atoms with Gasteiger partial charge in [-0.2, -0.15) is 0 Å². The van der Waals surface area contributed by atoms with E-state index in [0.717, 1.165) is 22.0 Å². The zero-order chi connectivity index (χ0) is 18.1. The summed E-state index contributed by atoms with van der Waals surface area (Å²) in [6.45, 7) is 2.62. The van der Waals surface area contributed by atoms with Crippen LogP contribution in [0.15, 0.2) is 41.4 Å². The van der Waals surface area contributed by atoms with Gasteiger partial charge in [0.15, 0.2) is 5.88 Å². The van der Waals surface area contributed by atoms with Crippen LogP contribution in [0.25, 0.3) is 10.8 Å². The summed E-state index contributed by atoms with van der Waals surface area (Å²) >= 11 is 0. The molecule has 5 rings (SSSR count). The molecule has 6 heteroatoms. The second-order valence-corrected chi connectivity index (χ2v) is 7.21. The summed E-state index contributed by atoms with van der Waals surface area (Å²) in [5, 5.41) is 15.9. The molecule has 2 aliphatic heterocycles. The molecule has 0 saturated carbocycles. The molecule has 0 fully saturated rings. The maximum absolute atomic E-state index is 14.1. The van der Waals surface area contributed by atoms with Gasteiger partial charge in [-0.25, -0.2) is 9.38 Å². The predicted octanol–water partition coefficient (Wildman–Crippen LogP) is 3.27. The molecule has 132 valence electrons. The van der Waals surface area contributed by atoms with Crippen LogP contribution in [-0.2, 0) is 13.0 Å². The van der Waals surface area contributed by atoms with Gasteiger partial charge in [-0.05, 0) is 25.1 Å². The van der Waals surface area contributed by atoms with Crippen LogP contribution in [0.5, 0.6) is 5.88 Å². The summed E-state index contributed by atoms with van der Waals surface area (Å²) in [6.07, 6.45) is 1.23. The number of anilines is 1. The second-order valence-electron chi connectivity index (χ2n) is 7.21. The van der Waals surface area contributed by atoms with E-state index in [4.69, 9.17) is 5.73 Å². The molecular formula is C20H19FN4O. The van der Waals surface area contributed by atoms with Crippen molar-refractivity contribution >= 4 is 22.3 Å². The summed E-state index contributed by atoms with van der Waals surface area (Å²) in [7, 11) is 0. The molecule has 3 aromatic rings. The van der Waals surface area contributed by atoms with Crippen LogP contribution in [0.2, 0.25) is 0 Å². The molecule has 26 heavy (non-hydrogen) atoms. The summed E-state index contributed by atoms with van der Waals surface area (Å²) in [5.74, 6) is 0.151. The van der Waals surface area contributed by atoms with E-state index >= 15 is 0 Å². The Kier molecular flexibility index (Phi) is 2.93. The van der Waals surface area contributed by atoms with Crippen LogP contribution < -0.4 is 11.1 Å². The first-order valence-electron chi connectivity index (χ1n) is 8.70. The molecule has 0 unspecified atom stereocenters. The summed E-state index contributed by atoms with van der Waals surface area (Å²) in [6, 6.07) is 11.0. The van der Waals surface area contributed by atoms with Gasteiger partial charge in [-0.15, -0.1) is 0 Å². The van der Waals surface area contributed by atoms with Gasteiger partial charge in [0.25, 0.3) is 0 Å². The summed E-state index contributed by atoms with van der Waals surface area (Å²) < 4.78 is 16.1. The van der Waals surface area contributed by atoms with Crippen molar-refractivity contribution in [2.24, 2.45) is 10.7 Å². The van der Waals surface area contributed by atoms with E-state index in [1.165, 1.54) is 6.07 Å². The van der Waals surface area contributed by atoms with Gasteiger partial charge in [0.05, 0.1) is 5.56 Å². The standard InChI is InChI=1S/C20H19FN4O/c1-11-5-6-12-13(9-11)19(26)25-8-7-20(10-16(12)25)23-15-4-2-3-14(21)17(15)18(22)24-20/h2-6,9,23,26H,7-8,10H2,1H3,(H2,22,24)/t20-/m1/s1. The lowest BCUT2D eigenvalue weighted by atomic mass is 9.92. The van der Waals surface area contributed by atoms with E-state index in [9.17, 15) is 9.50 Å². The molecule has 0 bridgehead atoms. The van der Waals surface area contributed by atoms with Crippen molar-refractivity contribution in [3.8, 4) is 5.88 Å². The quantitative estimate of drug-likeness (QED) is 0.582. The Labute approximate surface area is 150 Å². The highest BCUT2D eigenvalue weighted by atomic mass is 19.1. The number of aryl methyl sites for hydroxylation is 1. The summed E-state index contributed by atoms with van der Waals surface area (Å²) in [5.41, 5.74) is 8.63. The zero-order valence-electron chi connectivity index (χ0n) is 14.4. The van der Waals surface area contributed by atoms with Crippen molar-refractivity contribution in [2.45, 2.75) is 32.0 Å². The van der Waals surface area contributed by atoms with Crippen molar-refractivity contribution in [2.75, 3.05) is 5.32 Å². The molecular weight excluding hydrogens is 331 g/mol. The second kappa shape index (κ2) is 5.00. The highest BCUT2D eigenvalue weighted by Crippen LogP contribution is 2.41. The molecule has 1 atom stereocenters. The zero-order valence-corrected chi connectivity index (χ0v) is 14.4. The van der Waals surface area contributed by atoms with Gasteiger partial charge in [0.2, 0.25) is 0 Å². The van der Waals surface area contributed by atoms with Crippen LogP contribution in [-0.4, -0.2) is 21.2 Å². The first-order valence-corrected chi connectivity index (χ1v) is 8.70. The number of halogens is 1. The van der Waals surface area contributed by atoms with E-state index in [1.807, 2.05) is 35.8 Å². The Morgan fingerprint density at radius 1 is 1.27 bits per heavy atom. The molecule has 2 aromatic carbocycles. The molecule has 5 nitrogen and oxygen atoms in total. The van der Waals surface area contributed by atoms with Crippen LogP contribution in [0.1, 0.15) is 23.2 Å².